The molecule has 0 saturated heterocycles. The van der Waals surface area contributed by atoms with E-state index in [2.05, 4.69) is 54.6 Å². The molecule has 24 heavy (non-hydrogen) atoms. The van der Waals surface area contributed by atoms with Crippen LogP contribution < -0.4 is 5.73 Å². The minimum atomic E-state index is -0.548. The first-order valence-corrected chi connectivity index (χ1v) is 8.18. The van der Waals surface area contributed by atoms with Crippen molar-refractivity contribution in [2.45, 2.75) is 26.0 Å². The van der Waals surface area contributed by atoms with Crippen molar-refractivity contribution >= 4 is 44.7 Å². The highest BCUT2D eigenvalue weighted by molar-refractivity contribution is 6.23. The van der Waals surface area contributed by atoms with Crippen LogP contribution in [-0.4, -0.2) is 11.2 Å². The lowest BCUT2D eigenvalue weighted by molar-refractivity contribution is 0.0984. The molecule has 4 aromatic rings. The zero-order valence-electron chi connectivity index (χ0n) is 13.9. The van der Waals surface area contributed by atoms with Gasteiger partial charge in [-0.3, -0.25) is 0 Å². The van der Waals surface area contributed by atoms with Crippen molar-refractivity contribution in [3.05, 3.63) is 60.2 Å². The summed E-state index contributed by atoms with van der Waals surface area (Å²) in [6.45, 7) is 4.00. The molecule has 2 atom stereocenters. The van der Waals surface area contributed by atoms with Gasteiger partial charge in [-0.2, -0.15) is 0 Å². The van der Waals surface area contributed by atoms with Gasteiger partial charge in [0.15, 0.2) is 0 Å². The summed E-state index contributed by atoms with van der Waals surface area (Å²) < 4.78 is 0. The summed E-state index contributed by atoms with van der Waals surface area (Å²) in [7, 11) is 0. The molecule has 124 valence electrons. The molecule has 0 unspecified atom stereocenters. The molecule has 3 N–H and O–H groups in total. The second-order valence-corrected chi connectivity index (χ2v) is 6.77. The second-order valence-electron chi connectivity index (χ2n) is 6.77. The second kappa shape index (κ2) is 6.21. The predicted octanol–water partition coefficient (Wildman–Crippen LogP) is 5.02. The Morgan fingerprint density at radius 1 is 0.792 bits per heavy atom. The molecule has 0 aromatic heterocycles. The van der Waals surface area contributed by atoms with Crippen molar-refractivity contribution in [2.75, 3.05) is 0 Å². The molecule has 0 amide bonds. The smallest absolute Gasteiger partial charge is 0.0755 e. The molecule has 0 aliphatic carbocycles. The van der Waals surface area contributed by atoms with Gasteiger partial charge in [0.05, 0.1) is 12.1 Å². The van der Waals surface area contributed by atoms with E-state index in [1.54, 1.807) is 0 Å². The van der Waals surface area contributed by atoms with Crippen molar-refractivity contribution in [2.24, 2.45) is 11.7 Å². The fourth-order valence-electron chi connectivity index (χ4n) is 3.65. The van der Waals surface area contributed by atoms with Crippen LogP contribution in [0.5, 0.6) is 0 Å². The van der Waals surface area contributed by atoms with Gasteiger partial charge in [-0.1, -0.05) is 68.4 Å². The molecule has 0 saturated carbocycles. The van der Waals surface area contributed by atoms with Crippen molar-refractivity contribution in [1.82, 2.24) is 0 Å². The van der Waals surface area contributed by atoms with Gasteiger partial charge in [0, 0.05) is 0 Å². The monoisotopic (exact) mass is 339 g/mol. The number of aliphatic hydroxyl groups is 1. The van der Waals surface area contributed by atoms with Gasteiger partial charge in [-0.25, -0.2) is 0 Å². The summed E-state index contributed by atoms with van der Waals surface area (Å²) in [5.74, 6) is 0.128. The quantitative estimate of drug-likeness (QED) is 0.515. The van der Waals surface area contributed by atoms with Gasteiger partial charge in [0.25, 0.3) is 0 Å². The Morgan fingerprint density at radius 3 is 1.96 bits per heavy atom. The molecule has 0 aliphatic heterocycles. The Hall–Kier alpha value is -1.87. The van der Waals surface area contributed by atoms with Crippen molar-refractivity contribution in [3.8, 4) is 0 Å². The molecule has 0 radical (unpaired) electrons. The topological polar surface area (TPSA) is 46.2 Å². The average molecular weight is 340 g/mol. The first-order valence-electron chi connectivity index (χ1n) is 8.18. The lowest BCUT2D eigenvalue weighted by Crippen LogP contribution is -2.30. The third kappa shape index (κ3) is 2.42. The molecular formula is C21H22ClNO. The number of benzene rings is 4. The van der Waals surface area contributed by atoms with Crippen LogP contribution in [0.25, 0.3) is 32.3 Å². The van der Waals surface area contributed by atoms with E-state index in [1.807, 2.05) is 13.8 Å². The zero-order chi connectivity index (χ0) is 16.1. The van der Waals surface area contributed by atoms with Crippen LogP contribution in [0, 0.1) is 5.92 Å². The van der Waals surface area contributed by atoms with E-state index in [0.29, 0.717) is 0 Å². The fourth-order valence-corrected chi connectivity index (χ4v) is 3.65. The van der Waals surface area contributed by atoms with Gasteiger partial charge in [-0.05, 0) is 43.8 Å². The summed E-state index contributed by atoms with van der Waals surface area (Å²) in [4.78, 5) is 0. The van der Waals surface area contributed by atoms with Crippen LogP contribution in [0.1, 0.15) is 25.5 Å². The van der Waals surface area contributed by atoms with Crippen LogP contribution >= 0.6 is 12.4 Å². The van der Waals surface area contributed by atoms with E-state index in [9.17, 15) is 5.11 Å². The lowest BCUT2D eigenvalue weighted by Gasteiger charge is -2.24. The SMILES string of the molecule is CC(C)[C@@H](O)[C@@H](N)c1ccc2ccc3cccc4ccc1c2c34.Cl. The predicted molar refractivity (Wildman–Crippen MR) is 105 cm³/mol. The van der Waals surface area contributed by atoms with Gasteiger partial charge in [0.2, 0.25) is 0 Å². The molecule has 0 fully saturated rings. The van der Waals surface area contributed by atoms with Crippen molar-refractivity contribution in [1.29, 1.82) is 0 Å². The van der Waals surface area contributed by atoms with Gasteiger partial charge in [-0.15, -0.1) is 12.4 Å². The van der Waals surface area contributed by atoms with E-state index in [0.717, 1.165) is 10.9 Å². The number of hydrogen-bond donors (Lipinski definition) is 2. The van der Waals surface area contributed by atoms with E-state index in [-0.39, 0.29) is 24.4 Å². The van der Waals surface area contributed by atoms with Crippen LogP contribution in [0.15, 0.2) is 54.6 Å². The maximum atomic E-state index is 10.4. The minimum absolute atomic E-state index is 0. The maximum Gasteiger partial charge on any atom is 0.0755 e. The Morgan fingerprint density at radius 2 is 1.33 bits per heavy atom. The van der Waals surface area contributed by atoms with E-state index < -0.39 is 6.10 Å². The Kier molecular flexibility index (Phi) is 4.39. The fraction of sp³-hybridized carbons (Fsp3) is 0.238. The number of hydrogen-bond acceptors (Lipinski definition) is 2. The van der Waals surface area contributed by atoms with E-state index in [4.69, 9.17) is 5.73 Å². The molecular weight excluding hydrogens is 318 g/mol. The summed E-state index contributed by atoms with van der Waals surface area (Å²) in [5.41, 5.74) is 7.41. The molecule has 0 heterocycles. The molecule has 0 spiro atoms. The zero-order valence-corrected chi connectivity index (χ0v) is 14.7. The van der Waals surface area contributed by atoms with Crippen molar-refractivity contribution < 1.29 is 5.11 Å². The first-order chi connectivity index (χ1) is 11.1. The van der Waals surface area contributed by atoms with Gasteiger partial charge >= 0.3 is 0 Å². The molecule has 4 rings (SSSR count). The average Bonchev–Trinajstić information content (AvgIpc) is 2.58. The Bertz CT molecular complexity index is 979. The Labute approximate surface area is 148 Å². The third-order valence-electron chi connectivity index (χ3n) is 4.97. The van der Waals surface area contributed by atoms with Gasteiger partial charge < -0.3 is 10.8 Å². The summed E-state index contributed by atoms with van der Waals surface area (Å²) in [6.07, 6.45) is -0.548. The van der Waals surface area contributed by atoms with Crippen LogP contribution in [-0.2, 0) is 0 Å². The highest BCUT2D eigenvalue weighted by Crippen LogP contribution is 2.38. The summed E-state index contributed by atoms with van der Waals surface area (Å²) >= 11 is 0. The number of nitrogens with two attached hydrogens (primary N) is 1. The van der Waals surface area contributed by atoms with E-state index >= 15 is 0 Å². The Balaban J connectivity index is 0.00000169. The van der Waals surface area contributed by atoms with Gasteiger partial charge in [0.1, 0.15) is 0 Å². The third-order valence-corrected chi connectivity index (χ3v) is 4.97. The summed E-state index contributed by atoms with van der Waals surface area (Å²) in [5, 5.41) is 17.8. The van der Waals surface area contributed by atoms with Crippen LogP contribution in [0.2, 0.25) is 0 Å². The standard InChI is InChI=1S/C21H21NO.ClH/c1-12(2)21(23)20(22)17-11-9-15-7-6-13-4-3-5-14-8-10-16(17)19(15)18(13)14;/h3-12,20-21,23H,22H2,1-2H3;1H/t20-,21+;/m0./s1. The van der Waals surface area contributed by atoms with Crippen LogP contribution in [0.4, 0.5) is 0 Å². The van der Waals surface area contributed by atoms with Crippen molar-refractivity contribution in [3.63, 3.8) is 0 Å². The molecule has 4 aromatic carbocycles. The highest BCUT2D eigenvalue weighted by Gasteiger charge is 2.22. The first kappa shape index (κ1) is 17.0. The number of aliphatic hydroxyl groups excluding tert-OH is 1. The van der Waals surface area contributed by atoms with Crippen LogP contribution in [0.3, 0.4) is 0 Å². The molecule has 3 heteroatoms. The normalized spacial score (nSPS) is 14.4. The van der Waals surface area contributed by atoms with E-state index in [1.165, 1.54) is 26.9 Å². The molecule has 0 bridgehead atoms. The maximum absolute atomic E-state index is 10.4. The number of halogens is 1. The number of rotatable bonds is 3. The largest absolute Gasteiger partial charge is 0.391 e. The highest BCUT2D eigenvalue weighted by atomic mass is 35.5. The summed E-state index contributed by atoms with van der Waals surface area (Å²) in [6, 6.07) is 18.8. The molecule has 0 aliphatic rings. The lowest BCUT2D eigenvalue weighted by atomic mass is 9.87. The minimum Gasteiger partial charge on any atom is -0.391 e. The molecule has 2 nitrogen and oxygen atoms in total.